The zero-order valence-corrected chi connectivity index (χ0v) is 19.0. The van der Waals surface area contributed by atoms with Gasteiger partial charge >= 0.3 is 0 Å². The summed E-state index contributed by atoms with van der Waals surface area (Å²) in [5.74, 6) is -1.04. The van der Waals surface area contributed by atoms with Crippen LogP contribution in [0.4, 0.5) is 0 Å². The van der Waals surface area contributed by atoms with Crippen molar-refractivity contribution in [2.75, 3.05) is 0 Å². The van der Waals surface area contributed by atoms with Crippen LogP contribution in [0.5, 0.6) is 5.75 Å². The highest BCUT2D eigenvalue weighted by molar-refractivity contribution is 6.46. The van der Waals surface area contributed by atoms with E-state index in [1.807, 2.05) is 19.9 Å². The lowest BCUT2D eigenvalue weighted by Gasteiger charge is -2.25. The first kappa shape index (κ1) is 22.6. The van der Waals surface area contributed by atoms with E-state index < -0.39 is 17.7 Å². The van der Waals surface area contributed by atoms with Gasteiger partial charge in [-0.15, -0.1) is 0 Å². The zero-order chi connectivity index (χ0) is 23.5. The molecule has 0 radical (unpaired) electrons. The standard InChI is InChI=1S/C26H23ClN2O4/c1-16(2)33-21-10-8-18(9-11-21)24(30)22-23(19-6-3-7-20(27)13-19)29(26(32)25(22)31)15-17-5-4-12-28-14-17/h3-14,16,23,30H,15H2,1-2H3. The molecule has 1 unspecified atom stereocenters. The topological polar surface area (TPSA) is 79.7 Å². The lowest BCUT2D eigenvalue weighted by atomic mass is 9.95. The van der Waals surface area contributed by atoms with Gasteiger partial charge in [0, 0.05) is 29.5 Å². The van der Waals surface area contributed by atoms with Crippen molar-refractivity contribution >= 4 is 29.1 Å². The number of carbonyl (C=O) groups is 2. The van der Waals surface area contributed by atoms with Gasteiger partial charge in [0.2, 0.25) is 0 Å². The van der Waals surface area contributed by atoms with Crippen LogP contribution in [0.15, 0.2) is 78.6 Å². The minimum absolute atomic E-state index is 0.00470. The summed E-state index contributed by atoms with van der Waals surface area (Å²) >= 11 is 6.22. The van der Waals surface area contributed by atoms with Gasteiger partial charge in [0.15, 0.2) is 0 Å². The number of ketones is 1. The molecule has 1 aromatic heterocycles. The normalized spacial score (nSPS) is 17.6. The molecule has 7 heteroatoms. The maximum Gasteiger partial charge on any atom is 0.295 e. The van der Waals surface area contributed by atoms with Crippen LogP contribution in [-0.2, 0) is 16.1 Å². The molecule has 0 spiro atoms. The first-order valence-electron chi connectivity index (χ1n) is 10.5. The SMILES string of the molecule is CC(C)Oc1ccc(C(O)=C2C(=O)C(=O)N(Cc3cccnc3)C2c2cccc(Cl)c2)cc1. The van der Waals surface area contributed by atoms with E-state index in [2.05, 4.69) is 4.98 Å². The van der Waals surface area contributed by atoms with E-state index in [1.54, 1.807) is 67.0 Å². The summed E-state index contributed by atoms with van der Waals surface area (Å²) in [6.45, 7) is 4.00. The van der Waals surface area contributed by atoms with Crippen molar-refractivity contribution in [3.63, 3.8) is 0 Å². The minimum atomic E-state index is -0.796. The molecule has 1 N–H and O–H groups in total. The number of benzene rings is 2. The summed E-state index contributed by atoms with van der Waals surface area (Å²) in [5.41, 5.74) is 1.83. The van der Waals surface area contributed by atoms with E-state index >= 15 is 0 Å². The third-order valence-corrected chi connectivity index (χ3v) is 5.51. The van der Waals surface area contributed by atoms with E-state index in [0.29, 0.717) is 21.9 Å². The first-order chi connectivity index (χ1) is 15.8. The van der Waals surface area contributed by atoms with Gasteiger partial charge in [-0.1, -0.05) is 29.8 Å². The van der Waals surface area contributed by atoms with Crippen LogP contribution in [0, 0.1) is 0 Å². The minimum Gasteiger partial charge on any atom is -0.507 e. The van der Waals surface area contributed by atoms with Crippen LogP contribution in [0.25, 0.3) is 5.76 Å². The van der Waals surface area contributed by atoms with Gasteiger partial charge in [-0.05, 0) is 67.4 Å². The van der Waals surface area contributed by atoms with Crippen LogP contribution in [-0.4, -0.2) is 32.8 Å². The highest BCUT2D eigenvalue weighted by atomic mass is 35.5. The number of aromatic nitrogens is 1. The Balaban J connectivity index is 1.80. The number of pyridine rings is 1. The largest absolute Gasteiger partial charge is 0.507 e. The van der Waals surface area contributed by atoms with Crippen LogP contribution in [0.1, 0.15) is 36.6 Å². The van der Waals surface area contributed by atoms with Crippen LogP contribution < -0.4 is 4.74 Å². The highest BCUT2D eigenvalue weighted by Crippen LogP contribution is 2.41. The molecule has 2 heterocycles. The second kappa shape index (κ2) is 9.46. The number of Topliss-reactive ketones (excluding diaryl/α,β-unsaturated/α-hetero) is 1. The lowest BCUT2D eigenvalue weighted by molar-refractivity contribution is -0.140. The van der Waals surface area contributed by atoms with E-state index in [4.69, 9.17) is 16.3 Å². The molecule has 3 aromatic rings. The molecule has 6 nitrogen and oxygen atoms in total. The van der Waals surface area contributed by atoms with E-state index in [9.17, 15) is 14.7 Å². The molecule has 0 bridgehead atoms. The zero-order valence-electron chi connectivity index (χ0n) is 18.2. The molecule has 2 aromatic carbocycles. The number of hydrogen-bond acceptors (Lipinski definition) is 5. The number of hydrogen-bond donors (Lipinski definition) is 1. The Morgan fingerprint density at radius 3 is 2.52 bits per heavy atom. The van der Waals surface area contributed by atoms with Gasteiger partial charge in [-0.3, -0.25) is 14.6 Å². The third-order valence-electron chi connectivity index (χ3n) is 5.28. The predicted molar refractivity (Wildman–Crippen MR) is 126 cm³/mol. The Morgan fingerprint density at radius 2 is 1.88 bits per heavy atom. The van der Waals surface area contributed by atoms with Gasteiger partial charge in [0.25, 0.3) is 11.7 Å². The number of aliphatic hydroxyl groups excluding tert-OH is 1. The molecule has 0 saturated carbocycles. The first-order valence-corrected chi connectivity index (χ1v) is 10.9. The van der Waals surface area contributed by atoms with Crippen LogP contribution in [0.3, 0.4) is 0 Å². The molecular weight excluding hydrogens is 440 g/mol. The number of amides is 1. The van der Waals surface area contributed by atoms with Crippen molar-refractivity contribution in [3.05, 3.63) is 100 Å². The summed E-state index contributed by atoms with van der Waals surface area (Å²) in [6.07, 6.45) is 3.28. The number of carbonyl (C=O) groups excluding carboxylic acids is 2. The predicted octanol–water partition coefficient (Wildman–Crippen LogP) is 5.14. The smallest absolute Gasteiger partial charge is 0.295 e. The fourth-order valence-corrected chi connectivity index (χ4v) is 4.07. The van der Waals surface area contributed by atoms with Gasteiger partial charge in [0.05, 0.1) is 17.7 Å². The Morgan fingerprint density at radius 1 is 1.12 bits per heavy atom. The average molecular weight is 463 g/mol. The molecule has 33 heavy (non-hydrogen) atoms. The fourth-order valence-electron chi connectivity index (χ4n) is 3.87. The molecule has 1 saturated heterocycles. The molecule has 4 rings (SSSR count). The number of likely N-dealkylation sites (tertiary alicyclic amines) is 1. The van der Waals surface area contributed by atoms with Crippen molar-refractivity contribution in [1.29, 1.82) is 0 Å². The summed E-state index contributed by atoms with van der Waals surface area (Å²) in [6, 6.07) is 16.5. The number of ether oxygens (including phenoxy) is 1. The molecule has 1 aliphatic heterocycles. The van der Waals surface area contributed by atoms with Crippen molar-refractivity contribution in [2.45, 2.75) is 32.5 Å². The summed E-state index contributed by atoms with van der Waals surface area (Å²) in [7, 11) is 0. The average Bonchev–Trinajstić information content (AvgIpc) is 3.04. The molecule has 1 amide bonds. The van der Waals surface area contributed by atoms with Crippen molar-refractivity contribution in [1.82, 2.24) is 9.88 Å². The lowest BCUT2D eigenvalue weighted by Crippen LogP contribution is -2.29. The Kier molecular flexibility index (Phi) is 6.47. The third kappa shape index (κ3) is 4.76. The van der Waals surface area contributed by atoms with Gasteiger partial charge < -0.3 is 14.7 Å². The van der Waals surface area contributed by atoms with Gasteiger partial charge in [-0.25, -0.2) is 0 Å². The van der Waals surface area contributed by atoms with E-state index in [0.717, 1.165) is 5.56 Å². The molecular formula is C26H23ClN2O4. The van der Waals surface area contributed by atoms with E-state index in [-0.39, 0.29) is 24.0 Å². The van der Waals surface area contributed by atoms with Gasteiger partial charge in [-0.2, -0.15) is 0 Å². The number of aliphatic hydroxyl groups is 1. The van der Waals surface area contributed by atoms with Crippen molar-refractivity contribution < 1.29 is 19.4 Å². The molecule has 0 aliphatic carbocycles. The van der Waals surface area contributed by atoms with Crippen molar-refractivity contribution in [2.24, 2.45) is 0 Å². The summed E-state index contributed by atoms with van der Waals surface area (Å²) in [4.78, 5) is 31.7. The number of halogens is 1. The number of rotatable bonds is 6. The second-order valence-corrected chi connectivity index (χ2v) is 8.47. The fraction of sp³-hybridized carbons (Fsp3) is 0.192. The molecule has 1 atom stereocenters. The van der Waals surface area contributed by atoms with Crippen LogP contribution >= 0.6 is 11.6 Å². The maximum atomic E-state index is 13.1. The highest BCUT2D eigenvalue weighted by Gasteiger charge is 2.46. The Bertz CT molecular complexity index is 1210. The quantitative estimate of drug-likeness (QED) is 0.311. The maximum absolute atomic E-state index is 13.1. The van der Waals surface area contributed by atoms with Gasteiger partial charge in [0.1, 0.15) is 11.5 Å². The molecule has 1 aliphatic rings. The number of nitrogens with zero attached hydrogens (tertiary/aromatic N) is 2. The summed E-state index contributed by atoms with van der Waals surface area (Å²) in [5, 5.41) is 11.6. The summed E-state index contributed by atoms with van der Waals surface area (Å²) < 4.78 is 5.65. The molecule has 1 fully saturated rings. The monoisotopic (exact) mass is 462 g/mol. The molecule has 168 valence electrons. The van der Waals surface area contributed by atoms with Crippen LogP contribution in [0.2, 0.25) is 5.02 Å². The Labute approximate surface area is 197 Å². The second-order valence-electron chi connectivity index (χ2n) is 8.03. The van der Waals surface area contributed by atoms with Crippen molar-refractivity contribution in [3.8, 4) is 5.75 Å². The Hall–Kier alpha value is -3.64. The van der Waals surface area contributed by atoms with E-state index in [1.165, 1.54) is 4.90 Å².